The highest BCUT2D eigenvalue weighted by atomic mass is 127. The van der Waals surface area contributed by atoms with E-state index in [1.807, 2.05) is 46.1 Å². The summed E-state index contributed by atoms with van der Waals surface area (Å²) in [7, 11) is -0.574. The van der Waals surface area contributed by atoms with E-state index in [9.17, 15) is 9.90 Å². The van der Waals surface area contributed by atoms with E-state index in [0.29, 0.717) is 25.9 Å². The molecule has 11 heteroatoms. The van der Waals surface area contributed by atoms with Gasteiger partial charge < -0.3 is 19.5 Å². The van der Waals surface area contributed by atoms with Gasteiger partial charge in [-0.3, -0.25) is 9.48 Å². The number of ether oxygens (including phenoxy) is 2. The van der Waals surface area contributed by atoms with Gasteiger partial charge in [-0.1, -0.05) is 70.6 Å². The summed E-state index contributed by atoms with van der Waals surface area (Å²) in [5.41, 5.74) is 2.69. The maximum atomic E-state index is 14.9. The Bertz CT molecular complexity index is 1700. The maximum Gasteiger partial charge on any atom is 0.264 e. The van der Waals surface area contributed by atoms with Gasteiger partial charge in [0.2, 0.25) is 0 Å². The number of carbonyl (C=O) groups is 1. The maximum absolute atomic E-state index is 14.9. The summed E-state index contributed by atoms with van der Waals surface area (Å²) < 4.78 is 16.6. The molecule has 1 amide bonds. The van der Waals surface area contributed by atoms with Crippen molar-refractivity contribution in [2.24, 2.45) is 5.92 Å². The van der Waals surface area contributed by atoms with Crippen LogP contribution in [0, 0.1) is 9.49 Å². The zero-order chi connectivity index (χ0) is 31.9. The van der Waals surface area contributed by atoms with Crippen LogP contribution in [0.5, 0.6) is 5.75 Å². The first-order valence-electron chi connectivity index (χ1n) is 15.3. The molecule has 8 nitrogen and oxygen atoms in total. The van der Waals surface area contributed by atoms with E-state index >= 15 is 0 Å². The molecule has 1 spiro atoms. The van der Waals surface area contributed by atoms with Gasteiger partial charge in [0.05, 0.1) is 39.2 Å². The summed E-state index contributed by atoms with van der Waals surface area (Å²) >= 11 is 6.02. The van der Waals surface area contributed by atoms with E-state index in [-0.39, 0.29) is 30.1 Å². The van der Waals surface area contributed by atoms with Crippen LogP contribution in [-0.2, 0) is 34.6 Å². The van der Waals surface area contributed by atoms with E-state index in [1.54, 1.807) is 7.11 Å². The molecule has 45 heavy (non-hydrogen) atoms. The standard InChI is InChI=1S/C34H38BrIN4O4Si/c1-22-32(45(3,4)28-11-9-27(43-2)10-12-28)31(14-16-39-21-26(15-17-41)37-38-39)44-34(22)29-19-24(35)8-13-30(29)40(33(34)42)20-23-6-5-7-25(36)18-23/h5-13,18-19,21-22,31-32,41H,14-17,20H2,1-4H3/t22-,31+,32-,34+/m0/s1. The molecule has 0 saturated carbocycles. The van der Waals surface area contributed by atoms with E-state index in [4.69, 9.17) is 9.47 Å². The minimum absolute atomic E-state index is 0.0000185. The van der Waals surface area contributed by atoms with Gasteiger partial charge in [0.25, 0.3) is 5.91 Å². The minimum Gasteiger partial charge on any atom is -0.497 e. The lowest BCUT2D eigenvalue weighted by Gasteiger charge is -2.37. The van der Waals surface area contributed by atoms with Crippen LogP contribution >= 0.6 is 38.5 Å². The fourth-order valence-corrected chi connectivity index (χ4v) is 12.5. The Morgan fingerprint density at radius 1 is 1.13 bits per heavy atom. The zero-order valence-corrected chi connectivity index (χ0v) is 30.7. The number of hydrogen-bond acceptors (Lipinski definition) is 6. The smallest absolute Gasteiger partial charge is 0.264 e. The molecule has 1 N–H and O–H groups in total. The van der Waals surface area contributed by atoms with Gasteiger partial charge in [0.15, 0.2) is 5.60 Å². The van der Waals surface area contributed by atoms with Gasteiger partial charge in [-0.2, -0.15) is 0 Å². The monoisotopic (exact) mass is 800 g/mol. The largest absolute Gasteiger partial charge is 0.497 e. The van der Waals surface area contributed by atoms with Crippen molar-refractivity contribution in [1.29, 1.82) is 0 Å². The van der Waals surface area contributed by atoms with E-state index in [0.717, 1.165) is 36.3 Å². The first-order chi connectivity index (χ1) is 21.6. The van der Waals surface area contributed by atoms with E-state index in [2.05, 4.69) is 105 Å². The molecule has 0 aliphatic carbocycles. The Balaban J connectivity index is 1.42. The van der Waals surface area contributed by atoms with Crippen LogP contribution in [0.15, 0.2) is 77.4 Å². The lowest BCUT2D eigenvalue weighted by Crippen LogP contribution is -2.51. The Hall–Kier alpha value is -2.58. The number of aromatic nitrogens is 3. The molecular formula is C34H38BrIN4O4Si. The third-order valence-electron chi connectivity index (χ3n) is 9.62. The number of carbonyl (C=O) groups excluding carboxylic acids is 1. The molecule has 6 rings (SSSR count). The topological polar surface area (TPSA) is 89.7 Å². The molecule has 4 atom stereocenters. The lowest BCUT2D eigenvalue weighted by atomic mass is 9.82. The second kappa shape index (κ2) is 12.9. The average Bonchev–Trinajstić information content (AvgIpc) is 3.66. The number of fused-ring (bicyclic) bond motifs is 2. The second-order valence-electron chi connectivity index (χ2n) is 12.6. The summed E-state index contributed by atoms with van der Waals surface area (Å²) in [5.74, 6) is 0.738. The van der Waals surface area contributed by atoms with Gasteiger partial charge in [0.1, 0.15) is 5.75 Å². The number of benzene rings is 3. The Morgan fingerprint density at radius 3 is 2.62 bits per heavy atom. The Kier molecular flexibility index (Phi) is 9.28. The normalized spacial score (nSPS) is 22.8. The molecule has 1 aromatic heterocycles. The van der Waals surface area contributed by atoms with Crippen molar-refractivity contribution in [1.82, 2.24) is 15.0 Å². The number of nitrogens with zero attached hydrogens (tertiary/aromatic N) is 4. The predicted molar refractivity (Wildman–Crippen MR) is 189 cm³/mol. The number of hydrogen-bond donors (Lipinski definition) is 1. The number of rotatable bonds is 10. The van der Waals surface area contributed by atoms with Crippen LogP contribution in [0.4, 0.5) is 5.69 Å². The Labute approximate surface area is 287 Å². The van der Waals surface area contributed by atoms with Crippen LogP contribution in [-0.4, -0.2) is 53.9 Å². The van der Waals surface area contributed by atoms with Crippen molar-refractivity contribution in [2.75, 3.05) is 18.6 Å². The third kappa shape index (κ3) is 5.90. The Morgan fingerprint density at radius 2 is 1.91 bits per heavy atom. The first kappa shape index (κ1) is 32.4. The number of aliphatic hydroxyl groups is 1. The molecule has 4 aromatic rings. The van der Waals surface area contributed by atoms with Gasteiger partial charge in [-0.05, 0) is 82.6 Å². The van der Waals surface area contributed by atoms with Crippen molar-refractivity contribution < 1.29 is 19.4 Å². The molecule has 0 unspecified atom stereocenters. The molecule has 0 radical (unpaired) electrons. The summed E-state index contributed by atoms with van der Waals surface area (Å²) in [6.45, 7) is 8.11. The molecule has 2 aliphatic heterocycles. The van der Waals surface area contributed by atoms with Crippen LogP contribution in [0.3, 0.4) is 0 Å². The van der Waals surface area contributed by atoms with Crippen molar-refractivity contribution in [2.45, 2.75) is 63.2 Å². The van der Waals surface area contributed by atoms with Gasteiger partial charge >= 0.3 is 0 Å². The van der Waals surface area contributed by atoms with Crippen molar-refractivity contribution >= 4 is 63.4 Å². The van der Waals surface area contributed by atoms with Crippen molar-refractivity contribution in [3.63, 3.8) is 0 Å². The fraction of sp³-hybridized carbons (Fsp3) is 0.382. The van der Waals surface area contributed by atoms with E-state index < -0.39 is 13.7 Å². The van der Waals surface area contributed by atoms with Crippen LogP contribution in [0.2, 0.25) is 18.6 Å². The summed E-state index contributed by atoms with van der Waals surface area (Å²) in [4.78, 5) is 16.8. The highest BCUT2D eigenvalue weighted by molar-refractivity contribution is 14.1. The number of anilines is 1. The second-order valence-corrected chi connectivity index (χ2v) is 19.4. The number of aliphatic hydroxyl groups excluding tert-OH is 1. The molecule has 3 heterocycles. The SMILES string of the molecule is COc1ccc([Si](C)(C)[C@@H]2[C@@H](CCn3cc(CCO)nn3)O[C@]3(C(=O)N(Cc4cccc(I)c4)c4ccc(Br)cc43)[C@H]2C)cc1. The molecular weight excluding hydrogens is 763 g/mol. The van der Waals surface area contributed by atoms with Crippen molar-refractivity contribution in [3.05, 3.63) is 97.8 Å². The minimum atomic E-state index is -2.26. The molecule has 0 bridgehead atoms. The summed E-state index contributed by atoms with van der Waals surface area (Å²) in [5, 5.41) is 19.2. The van der Waals surface area contributed by atoms with Crippen LogP contribution in [0.25, 0.3) is 0 Å². The van der Waals surface area contributed by atoms with Gasteiger partial charge in [-0.15, -0.1) is 5.10 Å². The number of aryl methyl sites for hydroxylation is 1. The zero-order valence-electron chi connectivity index (χ0n) is 25.9. The first-order valence-corrected chi connectivity index (χ1v) is 20.2. The molecule has 1 saturated heterocycles. The third-order valence-corrected chi connectivity index (χ3v) is 15.1. The van der Waals surface area contributed by atoms with Crippen molar-refractivity contribution in [3.8, 4) is 5.75 Å². The fourth-order valence-electron chi connectivity index (χ4n) is 7.47. The molecule has 236 valence electrons. The van der Waals surface area contributed by atoms with E-state index in [1.165, 1.54) is 5.19 Å². The highest BCUT2D eigenvalue weighted by Gasteiger charge is 2.66. The predicted octanol–water partition coefficient (Wildman–Crippen LogP) is 6.04. The summed E-state index contributed by atoms with van der Waals surface area (Å²) in [6.07, 6.45) is 2.85. The number of methoxy groups -OCH3 is 1. The molecule has 1 fully saturated rings. The van der Waals surface area contributed by atoms with Gasteiger partial charge in [-0.25, -0.2) is 0 Å². The molecule has 2 aliphatic rings. The summed E-state index contributed by atoms with van der Waals surface area (Å²) in [6, 6.07) is 22.9. The van der Waals surface area contributed by atoms with Crippen LogP contribution in [0.1, 0.15) is 30.2 Å². The van der Waals surface area contributed by atoms with Gasteiger partial charge in [0, 0.05) is 45.3 Å². The molecule has 3 aromatic carbocycles. The lowest BCUT2D eigenvalue weighted by molar-refractivity contribution is -0.146. The number of amides is 1. The number of halogens is 2. The quantitative estimate of drug-likeness (QED) is 0.156. The highest BCUT2D eigenvalue weighted by Crippen LogP contribution is 2.60. The van der Waals surface area contributed by atoms with Crippen LogP contribution < -0.4 is 14.8 Å². The average molecular weight is 802 g/mol.